The van der Waals surface area contributed by atoms with Gasteiger partial charge in [-0.25, -0.2) is 4.90 Å². The van der Waals surface area contributed by atoms with Crippen molar-refractivity contribution in [1.82, 2.24) is 0 Å². The van der Waals surface area contributed by atoms with Crippen molar-refractivity contribution in [1.29, 1.82) is 0 Å². The lowest BCUT2D eigenvalue weighted by Crippen LogP contribution is -2.27. The summed E-state index contributed by atoms with van der Waals surface area (Å²) < 4.78 is 0. The maximum absolute atomic E-state index is 12.4. The minimum Gasteiger partial charge on any atom is -0.504 e. The largest absolute Gasteiger partial charge is 0.504 e. The van der Waals surface area contributed by atoms with Gasteiger partial charge in [0.05, 0.1) is 10.6 Å². The Morgan fingerprint density at radius 3 is 2.35 bits per heavy atom. The number of amides is 2. The number of phenols is 2. The molecule has 0 saturated carbocycles. The smallest absolute Gasteiger partial charge is 0.298 e. The van der Waals surface area contributed by atoms with Gasteiger partial charge in [-0.3, -0.25) is 9.59 Å². The molecule has 0 aromatic heterocycles. The predicted molar refractivity (Wildman–Crippen MR) is 89.7 cm³/mol. The van der Waals surface area contributed by atoms with Crippen molar-refractivity contribution < 1.29 is 19.8 Å². The fraction of sp³-hybridized carbons (Fsp3) is 0. The molecule has 23 heavy (non-hydrogen) atoms. The third kappa shape index (κ3) is 3.04. The number of imide groups is 1. The second-order valence-electron chi connectivity index (χ2n) is 4.74. The molecule has 0 atom stereocenters. The van der Waals surface area contributed by atoms with Crippen LogP contribution in [0.3, 0.4) is 0 Å². The van der Waals surface area contributed by atoms with E-state index in [0.717, 1.165) is 16.7 Å². The highest BCUT2D eigenvalue weighted by Crippen LogP contribution is 2.36. The molecule has 7 heteroatoms. The fourth-order valence-electron chi connectivity index (χ4n) is 2.06. The highest BCUT2D eigenvalue weighted by molar-refractivity contribution is 8.19. The van der Waals surface area contributed by atoms with Crippen molar-refractivity contribution in [3.05, 3.63) is 58.0 Å². The Morgan fingerprint density at radius 2 is 1.70 bits per heavy atom. The van der Waals surface area contributed by atoms with E-state index in [-0.39, 0.29) is 16.4 Å². The van der Waals surface area contributed by atoms with Gasteiger partial charge in [0.2, 0.25) is 0 Å². The van der Waals surface area contributed by atoms with Gasteiger partial charge in [-0.2, -0.15) is 0 Å². The highest BCUT2D eigenvalue weighted by atomic mass is 35.5. The number of phenolic OH excluding ortho intramolecular Hbond substituents is 2. The summed E-state index contributed by atoms with van der Waals surface area (Å²) >= 11 is 6.61. The van der Waals surface area contributed by atoms with E-state index in [9.17, 15) is 19.8 Å². The highest BCUT2D eigenvalue weighted by Gasteiger charge is 2.36. The van der Waals surface area contributed by atoms with Crippen LogP contribution in [0, 0.1) is 0 Å². The summed E-state index contributed by atoms with van der Waals surface area (Å²) in [6.07, 6.45) is 1.49. The maximum atomic E-state index is 12.4. The number of nitrogens with zero attached hydrogens (tertiary/aromatic N) is 1. The van der Waals surface area contributed by atoms with Gasteiger partial charge in [-0.05, 0) is 59.8 Å². The second-order valence-corrected chi connectivity index (χ2v) is 6.17. The number of aromatic hydroxyl groups is 2. The van der Waals surface area contributed by atoms with Crippen molar-refractivity contribution in [3.63, 3.8) is 0 Å². The molecule has 5 nitrogen and oxygen atoms in total. The van der Waals surface area contributed by atoms with Crippen LogP contribution in [0.15, 0.2) is 47.4 Å². The quantitative estimate of drug-likeness (QED) is 0.634. The zero-order chi connectivity index (χ0) is 16.6. The first-order valence-electron chi connectivity index (χ1n) is 6.51. The number of hydrogen-bond donors (Lipinski definition) is 2. The number of benzene rings is 2. The van der Waals surface area contributed by atoms with Crippen LogP contribution in [-0.4, -0.2) is 21.4 Å². The average molecular weight is 348 g/mol. The molecule has 1 aliphatic heterocycles. The van der Waals surface area contributed by atoms with E-state index in [1.165, 1.54) is 24.3 Å². The van der Waals surface area contributed by atoms with E-state index < -0.39 is 11.1 Å². The van der Waals surface area contributed by atoms with Gasteiger partial charge >= 0.3 is 0 Å². The SMILES string of the molecule is O=C1SC(=Cc2ccc(O)c(O)c2)C(=O)N1c1ccc(Cl)cc1. The van der Waals surface area contributed by atoms with Crippen LogP contribution in [-0.2, 0) is 4.79 Å². The monoisotopic (exact) mass is 347 g/mol. The summed E-state index contributed by atoms with van der Waals surface area (Å²) in [6, 6.07) is 10.5. The Bertz CT molecular complexity index is 832. The number of halogens is 1. The van der Waals surface area contributed by atoms with Crippen LogP contribution in [0.25, 0.3) is 6.08 Å². The van der Waals surface area contributed by atoms with Gasteiger partial charge in [-0.15, -0.1) is 0 Å². The van der Waals surface area contributed by atoms with Crippen LogP contribution in [0.2, 0.25) is 5.02 Å². The van der Waals surface area contributed by atoms with Crippen molar-refractivity contribution in [2.24, 2.45) is 0 Å². The average Bonchev–Trinajstić information content (AvgIpc) is 2.79. The molecule has 0 bridgehead atoms. The Labute approximate surface area is 140 Å². The van der Waals surface area contributed by atoms with E-state index in [0.29, 0.717) is 16.3 Å². The van der Waals surface area contributed by atoms with Crippen LogP contribution in [0.5, 0.6) is 11.5 Å². The molecule has 2 aromatic carbocycles. The van der Waals surface area contributed by atoms with Crippen molar-refractivity contribution in [3.8, 4) is 11.5 Å². The molecule has 1 saturated heterocycles. The first-order chi connectivity index (χ1) is 11.0. The van der Waals surface area contributed by atoms with E-state index in [4.69, 9.17) is 11.6 Å². The van der Waals surface area contributed by atoms with E-state index in [1.807, 2.05) is 0 Å². The Hall–Kier alpha value is -2.44. The summed E-state index contributed by atoms with van der Waals surface area (Å²) in [7, 11) is 0. The van der Waals surface area contributed by atoms with Gasteiger partial charge in [0.25, 0.3) is 11.1 Å². The van der Waals surface area contributed by atoms with Gasteiger partial charge in [-0.1, -0.05) is 17.7 Å². The molecule has 0 spiro atoms. The van der Waals surface area contributed by atoms with Crippen LogP contribution >= 0.6 is 23.4 Å². The van der Waals surface area contributed by atoms with Gasteiger partial charge in [0.15, 0.2) is 11.5 Å². The zero-order valence-corrected chi connectivity index (χ0v) is 13.1. The molecule has 3 rings (SSSR count). The number of carbonyl (C=O) groups is 2. The summed E-state index contributed by atoms with van der Waals surface area (Å²) in [5, 5.41) is 18.9. The van der Waals surface area contributed by atoms with Crippen molar-refractivity contribution in [2.75, 3.05) is 4.90 Å². The van der Waals surface area contributed by atoms with Crippen LogP contribution < -0.4 is 4.90 Å². The lowest BCUT2D eigenvalue weighted by molar-refractivity contribution is -0.113. The minimum atomic E-state index is -0.449. The van der Waals surface area contributed by atoms with Crippen molar-refractivity contribution >= 4 is 46.3 Å². The number of carbonyl (C=O) groups excluding carboxylic acids is 2. The van der Waals surface area contributed by atoms with Gasteiger partial charge in [0, 0.05) is 5.02 Å². The molecular weight excluding hydrogens is 338 g/mol. The molecule has 1 heterocycles. The van der Waals surface area contributed by atoms with Gasteiger partial charge in [0.1, 0.15) is 0 Å². The third-order valence-electron chi connectivity index (χ3n) is 3.18. The lowest BCUT2D eigenvalue weighted by Gasteiger charge is -2.12. The molecular formula is C16H10ClNO4S. The number of rotatable bonds is 2. The summed E-state index contributed by atoms with van der Waals surface area (Å²) in [4.78, 5) is 25.8. The summed E-state index contributed by atoms with van der Waals surface area (Å²) in [5.74, 6) is -0.998. The van der Waals surface area contributed by atoms with Crippen LogP contribution in [0.4, 0.5) is 10.5 Å². The first kappa shape index (κ1) is 15.5. The molecule has 0 radical (unpaired) electrons. The number of anilines is 1. The number of thioether (sulfide) groups is 1. The Morgan fingerprint density at radius 1 is 1.00 bits per heavy atom. The second kappa shape index (κ2) is 5.98. The lowest BCUT2D eigenvalue weighted by atomic mass is 10.2. The van der Waals surface area contributed by atoms with E-state index in [2.05, 4.69) is 0 Å². The topological polar surface area (TPSA) is 77.8 Å². The Kier molecular flexibility index (Phi) is 4.02. The molecule has 1 aliphatic rings. The van der Waals surface area contributed by atoms with Crippen molar-refractivity contribution in [2.45, 2.75) is 0 Å². The first-order valence-corrected chi connectivity index (χ1v) is 7.70. The molecule has 116 valence electrons. The predicted octanol–water partition coefficient (Wildman–Crippen LogP) is 3.99. The maximum Gasteiger partial charge on any atom is 0.298 e. The van der Waals surface area contributed by atoms with Gasteiger partial charge < -0.3 is 10.2 Å². The van der Waals surface area contributed by atoms with Crippen LogP contribution in [0.1, 0.15) is 5.56 Å². The molecule has 2 aromatic rings. The summed E-state index contributed by atoms with van der Waals surface area (Å²) in [6.45, 7) is 0. The summed E-state index contributed by atoms with van der Waals surface area (Å²) in [5.41, 5.74) is 0.941. The fourth-order valence-corrected chi connectivity index (χ4v) is 3.03. The normalized spacial score (nSPS) is 16.4. The molecule has 0 unspecified atom stereocenters. The molecule has 2 amide bonds. The molecule has 1 fully saturated rings. The Balaban J connectivity index is 1.92. The zero-order valence-electron chi connectivity index (χ0n) is 11.6. The molecule has 0 aliphatic carbocycles. The molecule has 2 N–H and O–H groups in total. The van der Waals surface area contributed by atoms with E-state index in [1.54, 1.807) is 24.3 Å². The third-order valence-corrected chi connectivity index (χ3v) is 4.30. The number of hydrogen-bond acceptors (Lipinski definition) is 5. The standard InChI is InChI=1S/C16H10ClNO4S/c17-10-2-4-11(5-3-10)18-15(21)14(23-16(18)22)8-9-1-6-12(19)13(20)7-9/h1-8,19-20H. The minimum absolute atomic E-state index is 0.232. The van der Waals surface area contributed by atoms with E-state index >= 15 is 0 Å².